The number of rotatable bonds is 5. The van der Waals surface area contributed by atoms with Gasteiger partial charge in [0.1, 0.15) is 0 Å². The normalized spacial score (nSPS) is 10.3. The van der Waals surface area contributed by atoms with Crippen molar-refractivity contribution >= 4 is 45.6 Å². The Bertz CT molecular complexity index is 617. The second kappa shape index (κ2) is 6.90. The van der Waals surface area contributed by atoms with Gasteiger partial charge in [-0.15, -0.1) is 0 Å². The van der Waals surface area contributed by atoms with Crippen molar-refractivity contribution in [2.45, 2.75) is 6.42 Å². The van der Waals surface area contributed by atoms with Crippen molar-refractivity contribution in [3.05, 3.63) is 66.7 Å². The Morgan fingerprint density at radius 1 is 1.20 bits per heavy atom. The molecular weight excluding hydrogens is 391 g/mol. The summed E-state index contributed by atoms with van der Waals surface area (Å²) in [6, 6.07) is 12.5. The highest BCUT2D eigenvalue weighted by Gasteiger charge is 2.08. The molecule has 2 aromatic rings. The molecule has 0 aliphatic heterocycles. The fraction of sp³-hybridized carbons (Fsp3) is 0.143. The van der Waals surface area contributed by atoms with E-state index in [1.165, 1.54) is 11.6 Å². The minimum atomic E-state index is -0.389. The molecule has 104 valence electrons. The minimum Gasteiger partial charge on any atom is -0.384 e. The van der Waals surface area contributed by atoms with Crippen molar-refractivity contribution in [2.24, 2.45) is 0 Å². The highest BCUT2D eigenvalue weighted by molar-refractivity contribution is 14.1. The molecule has 0 unspecified atom stereocenters. The molecule has 0 fully saturated rings. The molecule has 0 heterocycles. The molecule has 0 spiro atoms. The van der Waals surface area contributed by atoms with Crippen LogP contribution >= 0.6 is 34.2 Å². The molecule has 1 N–H and O–H groups in total. The average Bonchev–Trinajstić information content (AvgIpc) is 2.42. The van der Waals surface area contributed by atoms with Gasteiger partial charge in [-0.3, -0.25) is 10.1 Å². The van der Waals surface area contributed by atoms with Gasteiger partial charge in [0, 0.05) is 33.0 Å². The third-order valence-corrected chi connectivity index (χ3v) is 3.95. The number of anilines is 1. The number of halogens is 2. The van der Waals surface area contributed by atoms with E-state index >= 15 is 0 Å². The zero-order chi connectivity index (χ0) is 14.5. The summed E-state index contributed by atoms with van der Waals surface area (Å²) in [6.07, 6.45) is 0.865. The molecule has 0 saturated heterocycles. The lowest BCUT2D eigenvalue weighted by Crippen LogP contribution is -2.06. The van der Waals surface area contributed by atoms with Gasteiger partial charge < -0.3 is 5.32 Å². The van der Waals surface area contributed by atoms with Crippen molar-refractivity contribution in [2.75, 3.05) is 11.9 Å². The van der Waals surface area contributed by atoms with E-state index in [0.717, 1.165) is 27.2 Å². The lowest BCUT2D eigenvalue weighted by atomic mass is 10.1. The van der Waals surface area contributed by atoms with Crippen molar-refractivity contribution in [1.29, 1.82) is 0 Å². The van der Waals surface area contributed by atoms with Gasteiger partial charge in [-0.05, 0) is 52.8 Å². The molecule has 0 bridgehead atoms. The second-order valence-corrected chi connectivity index (χ2v) is 5.82. The highest BCUT2D eigenvalue weighted by Crippen LogP contribution is 2.23. The van der Waals surface area contributed by atoms with Crippen LogP contribution in [0.4, 0.5) is 11.4 Å². The quantitative estimate of drug-likeness (QED) is 0.455. The first-order chi connectivity index (χ1) is 9.56. The van der Waals surface area contributed by atoms with E-state index in [4.69, 9.17) is 11.6 Å². The van der Waals surface area contributed by atoms with Crippen LogP contribution in [0.3, 0.4) is 0 Å². The maximum atomic E-state index is 10.7. The van der Waals surface area contributed by atoms with Crippen LogP contribution in [0.2, 0.25) is 5.02 Å². The number of nitro groups is 1. The fourth-order valence-electron chi connectivity index (χ4n) is 1.75. The maximum absolute atomic E-state index is 10.7. The van der Waals surface area contributed by atoms with Crippen LogP contribution in [0.5, 0.6) is 0 Å². The predicted octanol–water partition coefficient (Wildman–Crippen LogP) is 4.51. The van der Waals surface area contributed by atoms with Gasteiger partial charge in [0.2, 0.25) is 0 Å². The van der Waals surface area contributed by atoms with Crippen molar-refractivity contribution in [3.63, 3.8) is 0 Å². The number of hydrogen-bond donors (Lipinski definition) is 1. The van der Waals surface area contributed by atoms with E-state index < -0.39 is 0 Å². The summed E-state index contributed by atoms with van der Waals surface area (Å²) in [7, 11) is 0. The van der Waals surface area contributed by atoms with Crippen LogP contribution in [-0.2, 0) is 6.42 Å². The summed E-state index contributed by atoms with van der Waals surface area (Å²) in [5.41, 5.74) is 2.21. The number of nitro benzene ring substituents is 1. The van der Waals surface area contributed by atoms with E-state index in [-0.39, 0.29) is 10.6 Å². The van der Waals surface area contributed by atoms with Crippen LogP contribution < -0.4 is 5.32 Å². The summed E-state index contributed by atoms with van der Waals surface area (Å²) in [4.78, 5) is 10.3. The summed E-state index contributed by atoms with van der Waals surface area (Å²) in [5, 5.41) is 14.7. The van der Waals surface area contributed by atoms with Gasteiger partial charge >= 0.3 is 0 Å². The molecule has 0 saturated carbocycles. The number of nitrogens with one attached hydrogen (secondary N) is 1. The summed E-state index contributed by atoms with van der Waals surface area (Å²) in [5.74, 6) is 0. The molecule has 20 heavy (non-hydrogen) atoms. The van der Waals surface area contributed by atoms with Crippen LogP contribution in [0.15, 0.2) is 42.5 Å². The van der Waals surface area contributed by atoms with E-state index in [2.05, 4.69) is 27.9 Å². The van der Waals surface area contributed by atoms with Crippen LogP contribution in [0, 0.1) is 13.7 Å². The van der Waals surface area contributed by atoms with E-state index in [9.17, 15) is 10.1 Å². The molecule has 0 aromatic heterocycles. The Labute approximate surface area is 135 Å². The Morgan fingerprint density at radius 2 is 1.90 bits per heavy atom. The fourth-order valence-corrected chi connectivity index (χ4v) is 2.57. The molecule has 0 atom stereocenters. The minimum absolute atomic E-state index is 0.109. The lowest BCUT2D eigenvalue weighted by Gasteiger charge is -2.08. The highest BCUT2D eigenvalue weighted by atomic mass is 127. The maximum Gasteiger partial charge on any atom is 0.270 e. The van der Waals surface area contributed by atoms with Gasteiger partial charge in [0.15, 0.2) is 0 Å². The zero-order valence-corrected chi connectivity index (χ0v) is 13.4. The van der Waals surface area contributed by atoms with E-state index in [1.54, 1.807) is 12.1 Å². The summed E-state index contributed by atoms with van der Waals surface area (Å²) in [6.45, 7) is 0.759. The molecule has 6 heteroatoms. The van der Waals surface area contributed by atoms with Crippen LogP contribution in [0.25, 0.3) is 0 Å². The first-order valence-electron chi connectivity index (χ1n) is 5.98. The molecule has 2 aromatic carbocycles. The summed E-state index contributed by atoms with van der Waals surface area (Å²) >= 11 is 7.92. The van der Waals surface area contributed by atoms with Crippen molar-refractivity contribution in [1.82, 2.24) is 0 Å². The van der Waals surface area contributed by atoms with Gasteiger partial charge in [-0.25, -0.2) is 0 Å². The molecule has 0 amide bonds. The van der Waals surface area contributed by atoms with Gasteiger partial charge in [0.05, 0.1) is 4.92 Å². The number of nitrogens with zero attached hydrogens (tertiary/aromatic N) is 1. The molecule has 2 rings (SSSR count). The predicted molar refractivity (Wildman–Crippen MR) is 89.5 cm³/mol. The summed E-state index contributed by atoms with van der Waals surface area (Å²) < 4.78 is 0.841. The third kappa shape index (κ3) is 4.08. The number of benzene rings is 2. The van der Waals surface area contributed by atoms with Gasteiger partial charge in [0.25, 0.3) is 5.69 Å². The van der Waals surface area contributed by atoms with Crippen molar-refractivity contribution < 1.29 is 4.92 Å². The molecular formula is C14H12ClIN2O2. The molecule has 0 aliphatic rings. The first kappa shape index (κ1) is 15.1. The van der Waals surface area contributed by atoms with Crippen LogP contribution in [-0.4, -0.2) is 11.5 Å². The van der Waals surface area contributed by atoms with Gasteiger partial charge in [-0.1, -0.05) is 23.7 Å². The number of non-ortho nitro benzene ring substituents is 1. The Morgan fingerprint density at radius 3 is 2.50 bits per heavy atom. The van der Waals surface area contributed by atoms with E-state index in [0.29, 0.717) is 0 Å². The molecule has 4 nitrogen and oxygen atoms in total. The standard InChI is InChI=1S/C14H12ClIN2O2/c15-11-3-1-10(2-4-11)7-8-17-14-6-5-12(18(19)20)9-13(14)16/h1-6,9,17H,7-8H2. The lowest BCUT2D eigenvalue weighted by molar-refractivity contribution is -0.384. The first-order valence-corrected chi connectivity index (χ1v) is 7.44. The zero-order valence-electron chi connectivity index (χ0n) is 10.5. The van der Waals surface area contributed by atoms with E-state index in [1.807, 2.05) is 24.3 Å². The smallest absolute Gasteiger partial charge is 0.270 e. The third-order valence-electron chi connectivity index (χ3n) is 2.81. The average molecular weight is 403 g/mol. The monoisotopic (exact) mass is 402 g/mol. The topological polar surface area (TPSA) is 55.2 Å². The van der Waals surface area contributed by atoms with Crippen molar-refractivity contribution in [3.8, 4) is 0 Å². The molecule has 0 radical (unpaired) electrons. The Balaban J connectivity index is 1.94. The largest absolute Gasteiger partial charge is 0.384 e. The Kier molecular flexibility index (Phi) is 5.19. The number of hydrogen-bond acceptors (Lipinski definition) is 3. The van der Waals surface area contributed by atoms with Crippen LogP contribution in [0.1, 0.15) is 5.56 Å². The molecule has 0 aliphatic carbocycles. The SMILES string of the molecule is O=[N+]([O-])c1ccc(NCCc2ccc(Cl)cc2)c(I)c1. The second-order valence-electron chi connectivity index (χ2n) is 4.22. The van der Waals surface area contributed by atoms with Gasteiger partial charge in [-0.2, -0.15) is 0 Å². The Hall–Kier alpha value is -1.34.